The van der Waals surface area contributed by atoms with Gasteiger partial charge in [-0.25, -0.2) is 8.78 Å². The van der Waals surface area contributed by atoms with Crippen LogP contribution in [0.25, 0.3) is 0 Å². The lowest BCUT2D eigenvalue weighted by Gasteiger charge is -2.21. The molecular formula is C16H19F2N3O2. The summed E-state index contributed by atoms with van der Waals surface area (Å²) in [5, 5.41) is 0. The molecule has 2 atom stereocenters. The van der Waals surface area contributed by atoms with E-state index in [1.165, 1.54) is 4.90 Å². The van der Waals surface area contributed by atoms with Crippen LogP contribution in [-0.2, 0) is 9.59 Å². The smallest absolute Gasteiger partial charge is 0.228 e. The molecule has 2 heterocycles. The summed E-state index contributed by atoms with van der Waals surface area (Å²) in [6.07, 6.45) is 0.947. The van der Waals surface area contributed by atoms with Crippen LogP contribution in [0.4, 0.5) is 14.5 Å². The highest BCUT2D eigenvalue weighted by atomic mass is 19.1. The van der Waals surface area contributed by atoms with Crippen LogP contribution in [0.2, 0.25) is 0 Å². The van der Waals surface area contributed by atoms with Crippen LogP contribution in [0.3, 0.4) is 0 Å². The van der Waals surface area contributed by atoms with Crippen molar-refractivity contribution in [1.82, 2.24) is 4.90 Å². The van der Waals surface area contributed by atoms with E-state index < -0.39 is 17.6 Å². The second-order valence-electron chi connectivity index (χ2n) is 6.21. The number of carbonyl (C=O) groups is 2. The van der Waals surface area contributed by atoms with Gasteiger partial charge in [-0.2, -0.15) is 0 Å². The monoisotopic (exact) mass is 323 g/mol. The zero-order valence-corrected chi connectivity index (χ0v) is 12.7. The Kier molecular flexibility index (Phi) is 4.30. The number of amides is 2. The highest BCUT2D eigenvalue weighted by Gasteiger charge is 2.39. The quantitative estimate of drug-likeness (QED) is 0.907. The van der Waals surface area contributed by atoms with Gasteiger partial charge in [0.25, 0.3) is 0 Å². The molecule has 1 aromatic rings. The Bertz CT molecular complexity index is 618. The highest BCUT2D eigenvalue weighted by Crippen LogP contribution is 2.29. The van der Waals surface area contributed by atoms with Gasteiger partial charge in [-0.05, 0) is 31.0 Å². The van der Waals surface area contributed by atoms with Gasteiger partial charge in [-0.3, -0.25) is 9.59 Å². The number of rotatable bonds is 3. The SMILES string of the molecule is NC[C@H]1CCN(C(=O)[C@H]2CC(=O)N(c3cc(F)cc(F)c3)C2)C1. The fraction of sp³-hybridized carbons (Fsp3) is 0.500. The molecule has 2 saturated heterocycles. The van der Waals surface area contributed by atoms with Crippen molar-refractivity contribution >= 4 is 17.5 Å². The van der Waals surface area contributed by atoms with Crippen LogP contribution in [0.15, 0.2) is 18.2 Å². The van der Waals surface area contributed by atoms with Crippen LogP contribution in [0, 0.1) is 23.5 Å². The van der Waals surface area contributed by atoms with Crippen molar-refractivity contribution in [3.05, 3.63) is 29.8 Å². The Labute approximate surface area is 133 Å². The summed E-state index contributed by atoms with van der Waals surface area (Å²) >= 11 is 0. The van der Waals surface area contributed by atoms with Crippen LogP contribution < -0.4 is 10.6 Å². The summed E-state index contributed by atoms with van der Waals surface area (Å²) in [4.78, 5) is 27.7. The molecule has 2 aliphatic heterocycles. The van der Waals surface area contributed by atoms with E-state index in [0.29, 0.717) is 25.6 Å². The molecule has 0 radical (unpaired) electrons. The molecule has 0 aromatic heterocycles. The molecule has 124 valence electrons. The van der Waals surface area contributed by atoms with Crippen molar-refractivity contribution in [3.8, 4) is 0 Å². The molecule has 0 bridgehead atoms. The van der Waals surface area contributed by atoms with E-state index in [0.717, 1.165) is 24.6 Å². The number of nitrogens with two attached hydrogens (primary N) is 1. The maximum absolute atomic E-state index is 13.3. The lowest BCUT2D eigenvalue weighted by Crippen LogP contribution is -2.36. The van der Waals surface area contributed by atoms with Crippen molar-refractivity contribution in [1.29, 1.82) is 0 Å². The molecule has 0 aliphatic carbocycles. The highest BCUT2D eigenvalue weighted by molar-refractivity contribution is 6.00. The topological polar surface area (TPSA) is 66.6 Å². The van der Waals surface area contributed by atoms with E-state index in [1.807, 2.05) is 0 Å². The number of nitrogens with zero attached hydrogens (tertiary/aromatic N) is 2. The van der Waals surface area contributed by atoms with Crippen molar-refractivity contribution in [2.24, 2.45) is 17.6 Å². The van der Waals surface area contributed by atoms with E-state index in [2.05, 4.69) is 0 Å². The number of benzene rings is 1. The Morgan fingerprint density at radius 1 is 1.22 bits per heavy atom. The van der Waals surface area contributed by atoms with Gasteiger partial charge in [-0.1, -0.05) is 0 Å². The van der Waals surface area contributed by atoms with Crippen molar-refractivity contribution < 1.29 is 18.4 Å². The van der Waals surface area contributed by atoms with Crippen molar-refractivity contribution in [2.75, 3.05) is 31.1 Å². The molecule has 7 heteroatoms. The second-order valence-corrected chi connectivity index (χ2v) is 6.21. The largest absolute Gasteiger partial charge is 0.342 e. The number of anilines is 1. The Morgan fingerprint density at radius 3 is 2.52 bits per heavy atom. The van der Waals surface area contributed by atoms with Crippen LogP contribution >= 0.6 is 0 Å². The molecule has 2 N–H and O–H groups in total. The summed E-state index contributed by atoms with van der Waals surface area (Å²) < 4.78 is 26.7. The molecule has 0 unspecified atom stereocenters. The van der Waals surface area contributed by atoms with Crippen molar-refractivity contribution in [2.45, 2.75) is 12.8 Å². The molecular weight excluding hydrogens is 304 g/mol. The minimum Gasteiger partial charge on any atom is -0.342 e. The fourth-order valence-corrected chi connectivity index (χ4v) is 3.30. The summed E-state index contributed by atoms with van der Waals surface area (Å²) in [6, 6.07) is 2.96. The number of hydrogen-bond acceptors (Lipinski definition) is 3. The lowest BCUT2D eigenvalue weighted by atomic mass is 10.1. The first-order chi connectivity index (χ1) is 11.0. The van der Waals surface area contributed by atoms with Gasteiger partial charge in [0.15, 0.2) is 0 Å². The average Bonchev–Trinajstić information content (AvgIpc) is 3.12. The third-order valence-electron chi connectivity index (χ3n) is 4.56. The molecule has 5 nitrogen and oxygen atoms in total. The minimum atomic E-state index is -0.743. The predicted molar refractivity (Wildman–Crippen MR) is 80.6 cm³/mol. The predicted octanol–water partition coefficient (Wildman–Crippen LogP) is 1.12. The van der Waals surface area contributed by atoms with Gasteiger partial charge in [0.2, 0.25) is 11.8 Å². The zero-order valence-electron chi connectivity index (χ0n) is 12.7. The first-order valence-electron chi connectivity index (χ1n) is 7.73. The van der Waals surface area contributed by atoms with E-state index in [4.69, 9.17) is 5.73 Å². The molecule has 2 amide bonds. The third kappa shape index (κ3) is 3.19. The van der Waals surface area contributed by atoms with E-state index in [9.17, 15) is 18.4 Å². The molecule has 0 saturated carbocycles. The molecule has 3 rings (SSSR count). The molecule has 1 aromatic carbocycles. The maximum atomic E-state index is 13.3. The van der Waals surface area contributed by atoms with Gasteiger partial charge in [0.1, 0.15) is 11.6 Å². The van der Waals surface area contributed by atoms with Gasteiger partial charge < -0.3 is 15.5 Å². The molecule has 2 aliphatic rings. The van der Waals surface area contributed by atoms with Crippen LogP contribution in [0.1, 0.15) is 12.8 Å². The van der Waals surface area contributed by atoms with Crippen LogP contribution in [0.5, 0.6) is 0 Å². The van der Waals surface area contributed by atoms with Gasteiger partial charge in [0.05, 0.1) is 5.92 Å². The Balaban J connectivity index is 1.71. The summed E-state index contributed by atoms with van der Waals surface area (Å²) in [5.74, 6) is -2.01. The standard InChI is InChI=1S/C16H19F2N3O2/c17-12-4-13(18)6-14(5-12)21-9-11(3-15(21)22)16(23)20-2-1-10(7-19)8-20/h4-6,10-11H,1-3,7-9,19H2/t10-,11+/m1/s1. The molecule has 0 spiro atoms. The van der Waals surface area contributed by atoms with Gasteiger partial charge in [0, 0.05) is 37.8 Å². The Morgan fingerprint density at radius 2 is 1.91 bits per heavy atom. The van der Waals surface area contributed by atoms with E-state index in [1.54, 1.807) is 4.90 Å². The minimum absolute atomic E-state index is 0.0702. The number of carbonyl (C=O) groups excluding carboxylic acids is 2. The first kappa shape index (κ1) is 15.9. The normalized spacial score (nSPS) is 24.6. The zero-order chi connectivity index (χ0) is 16.6. The number of likely N-dealkylation sites (tertiary alicyclic amines) is 1. The second kappa shape index (κ2) is 6.23. The molecule has 23 heavy (non-hydrogen) atoms. The summed E-state index contributed by atoms with van der Waals surface area (Å²) in [7, 11) is 0. The van der Waals surface area contributed by atoms with Crippen LogP contribution in [-0.4, -0.2) is 42.9 Å². The number of hydrogen-bond donors (Lipinski definition) is 1. The first-order valence-corrected chi connectivity index (χ1v) is 7.73. The Hall–Kier alpha value is -2.02. The summed E-state index contributed by atoms with van der Waals surface area (Å²) in [6.45, 7) is 1.97. The van der Waals surface area contributed by atoms with Crippen molar-refractivity contribution in [3.63, 3.8) is 0 Å². The van der Waals surface area contributed by atoms with Gasteiger partial charge in [-0.15, -0.1) is 0 Å². The summed E-state index contributed by atoms with van der Waals surface area (Å²) in [5.41, 5.74) is 5.78. The van der Waals surface area contributed by atoms with Gasteiger partial charge >= 0.3 is 0 Å². The maximum Gasteiger partial charge on any atom is 0.228 e. The fourth-order valence-electron chi connectivity index (χ4n) is 3.30. The third-order valence-corrected chi connectivity index (χ3v) is 4.56. The van der Waals surface area contributed by atoms with E-state index in [-0.39, 0.29) is 30.5 Å². The van der Waals surface area contributed by atoms with E-state index >= 15 is 0 Å². The average molecular weight is 323 g/mol. The molecule has 2 fully saturated rings. The number of halogens is 2. The lowest BCUT2D eigenvalue weighted by molar-refractivity contribution is -0.134.